The molecule has 1 aromatic rings. The molecule has 21 heavy (non-hydrogen) atoms. The van der Waals surface area contributed by atoms with Crippen LogP contribution in [0.5, 0.6) is 0 Å². The fraction of sp³-hybridized carbons (Fsp3) is 0.500. The molecule has 0 aliphatic carbocycles. The molecule has 0 bridgehead atoms. The summed E-state index contributed by atoms with van der Waals surface area (Å²) in [5, 5.41) is 11.7. The molecule has 1 aromatic carbocycles. The number of carbonyl (C=O) groups is 1. The number of amidine groups is 1. The minimum Gasteiger partial charge on any atom is -0.409 e. The fourth-order valence-corrected chi connectivity index (χ4v) is 2.07. The van der Waals surface area contributed by atoms with Crippen molar-refractivity contribution in [3.63, 3.8) is 0 Å². The zero-order valence-corrected chi connectivity index (χ0v) is 13.2. The number of nitrogens with zero attached hydrogens (tertiary/aromatic N) is 2. The number of rotatable bonds is 6. The Hall–Kier alpha value is -2.04. The summed E-state index contributed by atoms with van der Waals surface area (Å²) in [5.41, 5.74) is 7.44. The summed E-state index contributed by atoms with van der Waals surface area (Å²) in [4.78, 5) is 14.2. The highest BCUT2D eigenvalue weighted by molar-refractivity contribution is 5.94. The van der Waals surface area contributed by atoms with Gasteiger partial charge in [-0.3, -0.25) is 4.79 Å². The van der Waals surface area contributed by atoms with Crippen molar-refractivity contribution in [3.05, 3.63) is 35.4 Å². The smallest absolute Gasteiger partial charge is 0.253 e. The first kappa shape index (κ1) is 17.0. The highest BCUT2D eigenvalue weighted by Crippen LogP contribution is 2.16. The predicted octanol–water partition coefficient (Wildman–Crippen LogP) is 2.65. The molecular formula is C16H25N3O2. The van der Waals surface area contributed by atoms with Crippen LogP contribution in [-0.2, 0) is 0 Å². The lowest BCUT2D eigenvalue weighted by molar-refractivity contribution is 0.0754. The number of hydrogen-bond donors (Lipinski definition) is 2. The van der Waals surface area contributed by atoms with Gasteiger partial charge in [0.1, 0.15) is 5.84 Å². The lowest BCUT2D eigenvalue weighted by atomic mass is 10.0. The first-order valence-corrected chi connectivity index (χ1v) is 7.27. The van der Waals surface area contributed by atoms with Crippen molar-refractivity contribution in [2.75, 3.05) is 13.1 Å². The molecule has 1 atom stereocenters. The number of hydrogen-bond acceptors (Lipinski definition) is 3. The summed E-state index contributed by atoms with van der Waals surface area (Å²) < 4.78 is 0. The van der Waals surface area contributed by atoms with Gasteiger partial charge in [0.2, 0.25) is 0 Å². The molecule has 116 valence electrons. The molecule has 0 spiro atoms. The molecule has 1 unspecified atom stereocenters. The highest BCUT2D eigenvalue weighted by atomic mass is 16.4. The van der Waals surface area contributed by atoms with E-state index >= 15 is 0 Å². The fourth-order valence-electron chi connectivity index (χ4n) is 2.07. The molecule has 5 heteroatoms. The van der Waals surface area contributed by atoms with Crippen LogP contribution < -0.4 is 5.73 Å². The molecule has 1 amide bonds. The minimum atomic E-state index is -0.186. The average molecular weight is 291 g/mol. The number of carbonyl (C=O) groups excluding carboxylic acids is 1. The first-order valence-electron chi connectivity index (χ1n) is 7.27. The Labute approximate surface area is 126 Å². The van der Waals surface area contributed by atoms with Crippen molar-refractivity contribution in [2.45, 2.75) is 33.6 Å². The van der Waals surface area contributed by atoms with E-state index in [1.165, 1.54) is 5.56 Å². The van der Waals surface area contributed by atoms with Gasteiger partial charge in [0.15, 0.2) is 0 Å². The maximum Gasteiger partial charge on any atom is 0.253 e. The van der Waals surface area contributed by atoms with Crippen LogP contribution in [-0.4, -0.2) is 34.9 Å². The molecule has 0 saturated heterocycles. The summed E-state index contributed by atoms with van der Waals surface area (Å²) in [6, 6.07) is 7.68. The Kier molecular flexibility index (Phi) is 6.21. The van der Waals surface area contributed by atoms with Gasteiger partial charge in [0.05, 0.1) is 0 Å². The molecule has 0 saturated carbocycles. The standard InChI is InChI=1S/C16H25N3O2/c1-5-19(10-12(4)15(17)18-21)16(20)14-8-6-13(7-9-14)11(2)3/h6-9,11-12,21H,5,10H2,1-4H3,(H2,17,18). The topological polar surface area (TPSA) is 78.9 Å². The van der Waals surface area contributed by atoms with Crippen LogP contribution in [0.4, 0.5) is 0 Å². The van der Waals surface area contributed by atoms with Gasteiger partial charge in [0, 0.05) is 24.6 Å². The zero-order valence-electron chi connectivity index (χ0n) is 13.2. The average Bonchev–Trinajstić information content (AvgIpc) is 2.50. The van der Waals surface area contributed by atoms with E-state index in [9.17, 15) is 4.79 Å². The molecule has 0 aliphatic heterocycles. The van der Waals surface area contributed by atoms with E-state index in [0.717, 1.165) is 0 Å². The third-order valence-electron chi connectivity index (χ3n) is 3.61. The Morgan fingerprint density at radius 3 is 2.29 bits per heavy atom. The number of benzene rings is 1. The molecule has 3 N–H and O–H groups in total. The van der Waals surface area contributed by atoms with E-state index in [1.54, 1.807) is 4.90 Å². The summed E-state index contributed by atoms with van der Waals surface area (Å²) >= 11 is 0. The number of nitrogens with two attached hydrogens (primary N) is 1. The second-order valence-electron chi connectivity index (χ2n) is 5.55. The Balaban J connectivity index is 2.83. The van der Waals surface area contributed by atoms with Crippen molar-refractivity contribution in [2.24, 2.45) is 16.8 Å². The molecule has 1 rings (SSSR count). The van der Waals surface area contributed by atoms with E-state index in [0.29, 0.717) is 24.6 Å². The highest BCUT2D eigenvalue weighted by Gasteiger charge is 2.19. The van der Waals surface area contributed by atoms with Crippen LogP contribution >= 0.6 is 0 Å². The van der Waals surface area contributed by atoms with E-state index in [2.05, 4.69) is 19.0 Å². The largest absolute Gasteiger partial charge is 0.409 e. The van der Waals surface area contributed by atoms with Gasteiger partial charge in [0.25, 0.3) is 5.91 Å². The molecular weight excluding hydrogens is 266 g/mol. The van der Waals surface area contributed by atoms with E-state index < -0.39 is 0 Å². The van der Waals surface area contributed by atoms with Gasteiger partial charge in [-0.2, -0.15) is 0 Å². The molecule has 0 heterocycles. The van der Waals surface area contributed by atoms with Gasteiger partial charge in [-0.1, -0.05) is 38.1 Å². The van der Waals surface area contributed by atoms with Gasteiger partial charge < -0.3 is 15.8 Å². The third-order valence-corrected chi connectivity index (χ3v) is 3.61. The normalized spacial score (nSPS) is 13.3. The maximum absolute atomic E-state index is 12.5. The monoisotopic (exact) mass is 291 g/mol. The minimum absolute atomic E-state index is 0.0367. The Bertz CT molecular complexity index is 495. The van der Waals surface area contributed by atoms with Crippen molar-refractivity contribution in [3.8, 4) is 0 Å². The second-order valence-corrected chi connectivity index (χ2v) is 5.55. The van der Waals surface area contributed by atoms with Crippen LogP contribution in [0.2, 0.25) is 0 Å². The summed E-state index contributed by atoms with van der Waals surface area (Å²) in [7, 11) is 0. The first-order chi connectivity index (χ1) is 9.90. The lowest BCUT2D eigenvalue weighted by Crippen LogP contribution is -2.38. The summed E-state index contributed by atoms with van der Waals surface area (Å²) in [6.45, 7) is 8.99. The Morgan fingerprint density at radius 2 is 1.86 bits per heavy atom. The molecule has 0 aromatic heterocycles. The van der Waals surface area contributed by atoms with Crippen LogP contribution in [0.15, 0.2) is 29.4 Å². The SMILES string of the molecule is CCN(CC(C)C(N)=NO)C(=O)c1ccc(C(C)C)cc1. The molecule has 0 fully saturated rings. The van der Waals surface area contributed by atoms with Crippen molar-refractivity contribution in [1.82, 2.24) is 4.90 Å². The van der Waals surface area contributed by atoms with Crippen LogP contribution in [0.3, 0.4) is 0 Å². The van der Waals surface area contributed by atoms with Crippen LogP contribution in [0.25, 0.3) is 0 Å². The molecule has 0 aliphatic rings. The van der Waals surface area contributed by atoms with Crippen molar-refractivity contribution < 1.29 is 10.0 Å². The zero-order chi connectivity index (χ0) is 16.0. The summed E-state index contributed by atoms with van der Waals surface area (Å²) in [5.74, 6) is 0.354. The summed E-state index contributed by atoms with van der Waals surface area (Å²) in [6.07, 6.45) is 0. The van der Waals surface area contributed by atoms with Gasteiger partial charge in [-0.05, 0) is 30.5 Å². The number of amides is 1. The Morgan fingerprint density at radius 1 is 1.29 bits per heavy atom. The van der Waals surface area contributed by atoms with Crippen molar-refractivity contribution in [1.29, 1.82) is 0 Å². The molecule has 5 nitrogen and oxygen atoms in total. The maximum atomic E-state index is 12.5. The number of oxime groups is 1. The van der Waals surface area contributed by atoms with E-state index in [4.69, 9.17) is 10.9 Å². The van der Waals surface area contributed by atoms with Crippen molar-refractivity contribution >= 4 is 11.7 Å². The van der Waals surface area contributed by atoms with Crippen LogP contribution in [0.1, 0.15) is 49.5 Å². The van der Waals surface area contributed by atoms with Gasteiger partial charge in [-0.15, -0.1) is 0 Å². The second kappa shape index (κ2) is 7.67. The predicted molar refractivity (Wildman–Crippen MR) is 84.7 cm³/mol. The molecule has 0 radical (unpaired) electrons. The lowest BCUT2D eigenvalue weighted by Gasteiger charge is -2.24. The van der Waals surface area contributed by atoms with Gasteiger partial charge >= 0.3 is 0 Å². The van der Waals surface area contributed by atoms with E-state index in [-0.39, 0.29) is 17.7 Å². The van der Waals surface area contributed by atoms with Gasteiger partial charge in [-0.25, -0.2) is 0 Å². The quantitative estimate of drug-likeness (QED) is 0.366. The van der Waals surface area contributed by atoms with Crippen LogP contribution in [0, 0.1) is 5.92 Å². The van der Waals surface area contributed by atoms with E-state index in [1.807, 2.05) is 38.1 Å². The third kappa shape index (κ3) is 4.48.